The minimum Gasteiger partial charge on any atom is -0.306 e. The highest BCUT2D eigenvalue weighted by molar-refractivity contribution is 7.26. The van der Waals surface area contributed by atoms with Crippen molar-refractivity contribution in [3.05, 3.63) is 168 Å². The lowest BCUT2D eigenvalue weighted by atomic mass is 9.90. The van der Waals surface area contributed by atoms with Crippen molar-refractivity contribution in [3.63, 3.8) is 0 Å². The highest BCUT2D eigenvalue weighted by Gasteiger charge is 2.36. The van der Waals surface area contributed by atoms with Gasteiger partial charge in [-0.3, -0.25) is 0 Å². The van der Waals surface area contributed by atoms with Gasteiger partial charge in [-0.1, -0.05) is 91.0 Å². The van der Waals surface area contributed by atoms with Crippen molar-refractivity contribution in [1.82, 2.24) is 9.13 Å². The molecule has 0 radical (unpaired) electrons. The van der Waals surface area contributed by atoms with E-state index in [-0.39, 0.29) is 22.3 Å². The van der Waals surface area contributed by atoms with Crippen molar-refractivity contribution in [3.8, 4) is 34.6 Å². The third kappa shape index (κ3) is 4.70. The molecule has 12 aromatic rings. The maximum atomic E-state index is 15.1. The third-order valence-corrected chi connectivity index (χ3v) is 14.1. The van der Waals surface area contributed by atoms with E-state index in [1.807, 2.05) is 60.7 Å². The van der Waals surface area contributed by atoms with E-state index in [4.69, 9.17) is 0 Å². The summed E-state index contributed by atoms with van der Waals surface area (Å²) in [6.07, 6.45) is -4.80. The molecule has 0 bridgehead atoms. The number of nitrogens with zero attached hydrogens (tertiary/aromatic N) is 4. The highest BCUT2D eigenvalue weighted by atomic mass is 32.1. The zero-order valence-electron chi connectivity index (χ0n) is 31.2. The fourth-order valence-electron chi connectivity index (χ4n) is 9.44. The number of halogens is 3. The number of alkyl halides is 3. The molecule has 4 aromatic heterocycles. The van der Waals surface area contributed by atoms with Crippen LogP contribution >= 0.6 is 22.7 Å². The maximum absolute atomic E-state index is 15.1. The van der Waals surface area contributed by atoms with Gasteiger partial charge in [-0.25, -0.2) is 0 Å². The van der Waals surface area contributed by atoms with Gasteiger partial charge in [0.2, 0.25) is 0 Å². The van der Waals surface area contributed by atoms with Gasteiger partial charge in [0.1, 0.15) is 0 Å². The Bertz CT molecular complexity index is 3920. The van der Waals surface area contributed by atoms with Crippen molar-refractivity contribution in [2.24, 2.45) is 0 Å². The van der Waals surface area contributed by atoms with E-state index in [9.17, 15) is 10.5 Å². The molecule has 0 saturated carbocycles. The van der Waals surface area contributed by atoms with Crippen LogP contribution in [0.1, 0.15) is 16.7 Å². The normalized spacial score (nSPS) is 12.2. The summed E-state index contributed by atoms with van der Waals surface area (Å²) < 4.78 is 54.0. The van der Waals surface area contributed by atoms with E-state index in [0.29, 0.717) is 11.4 Å². The summed E-state index contributed by atoms with van der Waals surface area (Å²) in [5.41, 5.74) is 3.33. The molecule has 282 valence electrons. The lowest BCUT2D eigenvalue weighted by Gasteiger charge is -2.21. The number of rotatable bonds is 3. The van der Waals surface area contributed by atoms with Crippen molar-refractivity contribution >= 4 is 107 Å². The summed E-state index contributed by atoms with van der Waals surface area (Å²) in [6, 6.07) is 52.7. The first kappa shape index (κ1) is 34.6. The zero-order chi connectivity index (χ0) is 40.4. The van der Waals surface area contributed by atoms with Crippen LogP contribution in [0.25, 0.3) is 106 Å². The zero-order valence-corrected chi connectivity index (χ0v) is 32.8. The molecule has 0 amide bonds. The van der Waals surface area contributed by atoms with E-state index < -0.39 is 11.7 Å². The third-order valence-electron chi connectivity index (χ3n) is 11.8. The molecule has 9 heteroatoms. The molecule has 0 atom stereocenters. The second kappa shape index (κ2) is 12.5. The van der Waals surface area contributed by atoms with E-state index in [0.717, 1.165) is 90.0 Å². The average Bonchev–Trinajstić information content (AvgIpc) is 4.03. The summed E-state index contributed by atoms with van der Waals surface area (Å²) in [5.74, 6) is 0. The molecule has 8 aromatic carbocycles. The van der Waals surface area contributed by atoms with E-state index >= 15 is 13.2 Å². The Morgan fingerprint density at radius 1 is 0.450 bits per heavy atom. The van der Waals surface area contributed by atoms with Gasteiger partial charge in [-0.05, 0) is 60.7 Å². The lowest BCUT2D eigenvalue weighted by molar-refractivity contribution is -0.137. The van der Waals surface area contributed by atoms with Gasteiger partial charge >= 0.3 is 6.18 Å². The number of hydrogen-bond donors (Lipinski definition) is 0. The number of thiophene rings is 2. The van der Waals surface area contributed by atoms with Crippen LogP contribution in [-0.2, 0) is 6.18 Å². The maximum Gasteiger partial charge on any atom is 0.417 e. The van der Waals surface area contributed by atoms with Gasteiger partial charge in [0, 0.05) is 73.0 Å². The molecule has 12 rings (SSSR count). The number of aromatic nitrogens is 2. The number of benzene rings is 8. The number of nitriles is 2. The minimum absolute atomic E-state index is 0.0159. The van der Waals surface area contributed by atoms with Crippen LogP contribution < -0.4 is 0 Å². The Morgan fingerprint density at radius 2 is 0.933 bits per heavy atom. The Hall–Kier alpha value is -7.43. The summed E-state index contributed by atoms with van der Waals surface area (Å²) in [6.45, 7) is 0. The Morgan fingerprint density at radius 3 is 1.45 bits per heavy atom. The minimum atomic E-state index is -4.80. The summed E-state index contributed by atoms with van der Waals surface area (Å²) in [4.78, 5) is 0. The molecule has 4 nitrogen and oxygen atoms in total. The summed E-state index contributed by atoms with van der Waals surface area (Å²) in [5, 5.41) is 29.6. The Kier molecular flexibility index (Phi) is 7.23. The van der Waals surface area contributed by atoms with Gasteiger partial charge in [0.15, 0.2) is 0 Å². The van der Waals surface area contributed by atoms with Gasteiger partial charge in [0.25, 0.3) is 0 Å². The molecule has 60 heavy (non-hydrogen) atoms. The number of para-hydroxylation sites is 2. The van der Waals surface area contributed by atoms with Crippen LogP contribution in [-0.4, -0.2) is 9.13 Å². The fourth-order valence-corrected chi connectivity index (χ4v) is 11.7. The molecular weight excluding hydrogens is 790 g/mol. The summed E-state index contributed by atoms with van der Waals surface area (Å²) >= 11 is 3.40. The highest BCUT2D eigenvalue weighted by Crippen LogP contribution is 2.49. The largest absolute Gasteiger partial charge is 0.417 e. The van der Waals surface area contributed by atoms with Gasteiger partial charge in [0.05, 0.1) is 62.3 Å². The first-order chi connectivity index (χ1) is 29.3. The molecule has 0 aliphatic heterocycles. The molecule has 0 N–H and O–H groups in total. The van der Waals surface area contributed by atoms with E-state index in [2.05, 4.69) is 81.9 Å². The lowest BCUT2D eigenvalue weighted by Crippen LogP contribution is -2.10. The molecule has 4 heterocycles. The molecular formula is C51H25F3N4S2. The quantitative estimate of drug-likeness (QED) is 0.178. The predicted octanol–water partition coefficient (Wildman–Crippen LogP) is 15.0. The summed E-state index contributed by atoms with van der Waals surface area (Å²) in [7, 11) is 0. The molecule has 0 aliphatic rings. The van der Waals surface area contributed by atoms with Crippen LogP contribution in [0.2, 0.25) is 0 Å². The monoisotopic (exact) mass is 814 g/mol. The number of fused-ring (bicyclic) bond motifs is 14. The van der Waals surface area contributed by atoms with Crippen molar-refractivity contribution in [2.45, 2.75) is 6.18 Å². The van der Waals surface area contributed by atoms with Crippen LogP contribution in [0.4, 0.5) is 13.2 Å². The molecule has 0 aliphatic carbocycles. The van der Waals surface area contributed by atoms with Gasteiger partial charge in [-0.15, -0.1) is 22.7 Å². The fraction of sp³-hybridized carbons (Fsp3) is 0.0196. The molecule has 0 saturated heterocycles. The Labute approximate surface area is 347 Å². The van der Waals surface area contributed by atoms with Crippen LogP contribution in [0.5, 0.6) is 0 Å². The topological polar surface area (TPSA) is 57.4 Å². The first-order valence-corrected chi connectivity index (χ1v) is 20.8. The molecule has 0 unspecified atom stereocenters. The first-order valence-electron chi connectivity index (χ1n) is 19.2. The predicted molar refractivity (Wildman–Crippen MR) is 241 cm³/mol. The molecule has 0 fully saturated rings. The van der Waals surface area contributed by atoms with Crippen molar-refractivity contribution in [2.75, 3.05) is 0 Å². The average molecular weight is 815 g/mol. The van der Waals surface area contributed by atoms with Crippen LogP contribution in [0.3, 0.4) is 0 Å². The SMILES string of the molecule is N#Cc1cc(-n2c3ccccc3c3ccc4sc5ccccc5c4c32)c(-n2c3ccccc3c3ccc4sc5ccccc5c4c32)cc1-c1c(C#N)cccc1C(F)(F)F. The van der Waals surface area contributed by atoms with Gasteiger partial charge < -0.3 is 9.13 Å². The number of hydrogen-bond acceptors (Lipinski definition) is 4. The van der Waals surface area contributed by atoms with E-state index in [1.165, 1.54) is 12.1 Å². The van der Waals surface area contributed by atoms with Crippen molar-refractivity contribution < 1.29 is 13.2 Å². The second-order valence-electron chi connectivity index (χ2n) is 14.9. The molecule has 0 spiro atoms. The van der Waals surface area contributed by atoms with E-state index in [1.54, 1.807) is 34.8 Å². The Balaban J connectivity index is 1.35. The van der Waals surface area contributed by atoms with Crippen molar-refractivity contribution in [1.29, 1.82) is 10.5 Å². The second-order valence-corrected chi connectivity index (χ2v) is 17.1. The van der Waals surface area contributed by atoms with Crippen LogP contribution in [0.15, 0.2) is 152 Å². The smallest absolute Gasteiger partial charge is 0.306 e. The standard InChI is InChI=1S/C51H25F3N4S2/c52-51(53,54)37-15-9-10-28(26-55)46(37)36-25-41(58-39-17-6-2-12-31(39)33-21-23-45-48(50(33)58)35-14-4-8-19-43(35)60-45)40(24-29(36)27-56)57-38-16-5-1-11-30(38)32-20-22-44-47(49(32)57)34-13-3-7-18-42(34)59-44/h1-25H. The van der Waals surface area contributed by atoms with Crippen LogP contribution in [0, 0.1) is 22.7 Å². The van der Waals surface area contributed by atoms with Gasteiger partial charge in [-0.2, -0.15) is 23.7 Å².